The third-order valence-corrected chi connectivity index (χ3v) is 10.5. The largest absolute Gasteiger partial charge is 0.370 e. The number of hydrogen-bond donors (Lipinski definition) is 12. The second-order valence-electron chi connectivity index (χ2n) is 15.7. The first kappa shape index (κ1) is 50.1. The van der Waals surface area contributed by atoms with Crippen LogP contribution >= 0.6 is 0 Å². The number of aliphatic imine (C=N–C) groups is 1. The van der Waals surface area contributed by atoms with E-state index in [0.29, 0.717) is 11.1 Å². The van der Waals surface area contributed by atoms with Crippen molar-refractivity contribution in [1.82, 2.24) is 42.2 Å². The van der Waals surface area contributed by atoms with E-state index in [4.69, 9.17) is 22.9 Å². The monoisotopic (exact) mass is 901 g/mol. The molecule has 1 aromatic heterocycles. The van der Waals surface area contributed by atoms with E-state index >= 15 is 0 Å². The fraction of sp³-hybridized carbons (Fsp3) is 0.442. The van der Waals surface area contributed by atoms with Gasteiger partial charge >= 0.3 is 0 Å². The van der Waals surface area contributed by atoms with Crippen LogP contribution in [0, 0.1) is 0 Å². The Morgan fingerprint density at radius 1 is 0.708 bits per heavy atom. The number of hydrogen-bond acceptors (Lipinski definition) is 10. The fourth-order valence-electron chi connectivity index (χ4n) is 7.18. The molecule has 2 heterocycles. The summed E-state index contributed by atoms with van der Waals surface area (Å²) in [6.07, 6.45) is 0.657. The van der Waals surface area contributed by atoms with Crippen LogP contribution in [0.1, 0.15) is 69.4 Å². The number of nitrogens with one attached hydrogen (secondary N) is 8. The van der Waals surface area contributed by atoms with Crippen molar-refractivity contribution in [3.8, 4) is 0 Å². The Kier molecular flexibility index (Phi) is 19.2. The zero-order valence-electron chi connectivity index (χ0n) is 36.2. The Morgan fingerprint density at radius 2 is 1.31 bits per heavy atom. The highest BCUT2D eigenvalue weighted by Crippen LogP contribution is 2.20. The van der Waals surface area contributed by atoms with E-state index < -0.39 is 89.4 Å². The predicted octanol–water partition coefficient (Wildman–Crippen LogP) is -2.62. The van der Waals surface area contributed by atoms with E-state index in [1.807, 2.05) is 24.3 Å². The Balaban J connectivity index is 1.77. The van der Waals surface area contributed by atoms with Crippen LogP contribution < -0.4 is 60.2 Å². The van der Waals surface area contributed by atoms with Gasteiger partial charge in [0.05, 0.1) is 0 Å². The Bertz CT molecular complexity index is 2210. The normalized spacial score (nSPS) is 22.2. The first-order valence-corrected chi connectivity index (χ1v) is 21.3. The molecule has 350 valence electrons. The zero-order chi connectivity index (χ0) is 47.5. The number of rotatable bonds is 13. The number of nitrogens with two attached hydrogens (primary N) is 4. The van der Waals surface area contributed by atoms with Crippen LogP contribution in [-0.2, 0) is 56.0 Å². The molecule has 65 heavy (non-hydrogen) atoms. The van der Waals surface area contributed by atoms with Crippen LogP contribution in [0.5, 0.6) is 0 Å². The van der Waals surface area contributed by atoms with Crippen molar-refractivity contribution in [1.29, 1.82) is 0 Å². The van der Waals surface area contributed by atoms with Gasteiger partial charge in [0.1, 0.15) is 36.3 Å². The van der Waals surface area contributed by atoms with Crippen molar-refractivity contribution in [2.75, 3.05) is 13.1 Å². The molecule has 16 N–H and O–H groups in total. The number of guanidine groups is 1. The molecule has 1 saturated heterocycles. The summed E-state index contributed by atoms with van der Waals surface area (Å²) in [7, 11) is 0. The number of H-pyrrole nitrogens is 1. The van der Waals surface area contributed by atoms with E-state index in [-0.39, 0.29) is 83.3 Å². The van der Waals surface area contributed by atoms with Crippen molar-refractivity contribution in [2.24, 2.45) is 27.9 Å². The molecule has 0 bridgehead atoms. The molecule has 4 rings (SSSR count). The molecular weight excluding hydrogens is 843 g/mol. The number of benzene rings is 2. The van der Waals surface area contributed by atoms with Gasteiger partial charge in [0.25, 0.3) is 0 Å². The average Bonchev–Trinajstić information content (AvgIpc) is 3.67. The van der Waals surface area contributed by atoms with E-state index in [1.54, 1.807) is 36.5 Å². The van der Waals surface area contributed by atoms with E-state index in [0.717, 1.165) is 17.8 Å². The molecule has 1 aliphatic heterocycles. The zero-order valence-corrected chi connectivity index (χ0v) is 36.2. The van der Waals surface area contributed by atoms with Crippen LogP contribution in [0.2, 0.25) is 0 Å². The minimum atomic E-state index is -1.46. The lowest BCUT2D eigenvalue weighted by Gasteiger charge is -2.27. The number of para-hydroxylation sites is 1. The highest BCUT2D eigenvalue weighted by atomic mass is 16.2. The number of carbonyl (C=O) groups is 9. The molecular formula is C43H59N13O9. The molecule has 0 spiro atoms. The summed E-state index contributed by atoms with van der Waals surface area (Å²) in [6, 6.07) is 7.81. The molecule has 6 atom stereocenters. The van der Waals surface area contributed by atoms with E-state index in [9.17, 15) is 43.2 Å². The number of carbonyl (C=O) groups excluding carboxylic acids is 9. The van der Waals surface area contributed by atoms with Gasteiger partial charge in [0.15, 0.2) is 5.96 Å². The van der Waals surface area contributed by atoms with Gasteiger partial charge < -0.3 is 65.1 Å². The summed E-state index contributed by atoms with van der Waals surface area (Å²) in [5.74, 6) is -7.16. The van der Waals surface area contributed by atoms with Crippen molar-refractivity contribution in [3.05, 3.63) is 71.9 Å². The van der Waals surface area contributed by atoms with Crippen molar-refractivity contribution in [3.63, 3.8) is 0 Å². The van der Waals surface area contributed by atoms with Gasteiger partial charge in [-0.05, 0) is 55.7 Å². The molecule has 0 radical (unpaired) electrons. The molecule has 22 nitrogen and oxygen atoms in total. The second kappa shape index (κ2) is 24.9. The molecule has 3 aromatic rings. The Hall–Kier alpha value is -7.52. The van der Waals surface area contributed by atoms with Crippen molar-refractivity contribution < 1.29 is 43.2 Å². The molecule has 3 unspecified atom stereocenters. The SMILES string of the molecule is CC(=O)NC1CCC(=O)NCCCC(C(N)=O)NC(=O)[C@H](Cc2c[nH]c3ccccc23)NC(=O)[C@H](CCCN=C(N)N)NC(=O)C(Cc2ccccc2)NC(=O)[C@H](CCC(N)=O)NC1=O. The first-order valence-electron chi connectivity index (χ1n) is 21.3. The number of aromatic amines is 1. The summed E-state index contributed by atoms with van der Waals surface area (Å²) in [6.45, 7) is 1.26. The lowest BCUT2D eigenvalue weighted by molar-refractivity contribution is -0.135. The van der Waals surface area contributed by atoms with E-state index in [2.05, 4.69) is 47.2 Å². The number of amides is 9. The van der Waals surface area contributed by atoms with Gasteiger partial charge in [0, 0.05) is 62.8 Å². The average molecular weight is 902 g/mol. The highest BCUT2D eigenvalue weighted by molar-refractivity contribution is 5.98. The van der Waals surface area contributed by atoms with Crippen LogP contribution in [-0.4, -0.2) is 113 Å². The van der Waals surface area contributed by atoms with Crippen LogP contribution in [0.3, 0.4) is 0 Å². The Morgan fingerprint density at radius 3 is 1.97 bits per heavy atom. The fourth-order valence-corrected chi connectivity index (χ4v) is 7.18. The number of nitrogens with zero attached hydrogens (tertiary/aromatic N) is 1. The second-order valence-corrected chi connectivity index (χ2v) is 15.7. The van der Waals surface area contributed by atoms with Gasteiger partial charge in [-0.3, -0.25) is 48.1 Å². The third-order valence-electron chi connectivity index (χ3n) is 10.5. The van der Waals surface area contributed by atoms with Crippen LogP contribution in [0.4, 0.5) is 0 Å². The van der Waals surface area contributed by atoms with Crippen LogP contribution in [0.25, 0.3) is 10.9 Å². The summed E-state index contributed by atoms with van der Waals surface area (Å²) in [5, 5.41) is 19.2. The molecule has 0 aliphatic carbocycles. The molecule has 1 aliphatic rings. The predicted molar refractivity (Wildman–Crippen MR) is 238 cm³/mol. The number of aromatic nitrogens is 1. The maximum atomic E-state index is 14.4. The molecule has 0 saturated carbocycles. The van der Waals surface area contributed by atoms with Crippen LogP contribution in [0.15, 0.2) is 65.8 Å². The molecule has 1 fully saturated rings. The maximum Gasteiger partial charge on any atom is 0.243 e. The molecule has 9 amide bonds. The van der Waals surface area contributed by atoms with Gasteiger partial charge in [-0.1, -0.05) is 48.5 Å². The summed E-state index contributed by atoms with van der Waals surface area (Å²) < 4.78 is 0. The van der Waals surface area contributed by atoms with Crippen molar-refractivity contribution >= 4 is 70.0 Å². The van der Waals surface area contributed by atoms with Gasteiger partial charge in [-0.25, -0.2) is 0 Å². The van der Waals surface area contributed by atoms with Gasteiger partial charge in [-0.15, -0.1) is 0 Å². The third kappa shape index (κ3) is 16.6. The smallest absolute Gasteiger partial charge is 0.243 e. The molecule has 22 heteroatoms. The lowest BCUT2D eigenvalue weighted by Crippen LogP contribution is -2.60. The first-order chi connectivity index (χ1) is 31.0. The minimum Gasteiger partial charge on any atom is -0.370 e. The van der Waals surface area contributed by atoms with Crippen molar-refractivity contribution in [2.45, 2.75) is 107 Å². The molecule has 2 aromatic carbocycles. The lowest BCUT2D eigenvalue weighted by atomic mass is 10.0. The Labute approximate surface area is 375 Å². The summed E-state index contributed by atoms with van der Waals surface area (Å²) in [4.78, 5) is 127. The number of primary amides is 2. The highest BCUT2D eigenvalue weighted by Gasteiger charge is 2.34. The van der Waals surface area contributed by atoms with E-state index in [1.165, 1.54) is 0 Å². The number of fused-ring (bicyclic) bond motifs is 1. The standard InChI is InChI=1S/C43H59N13O9/c1-24(57)51-31-16-18-36(59)48-19-7-13-29(37(45)60)52-42(65)34(22-26-23-50-28-12-6-5-11-27(26)28)56-38(61)30(14-8-20-49-43(46)47)53-41(64)33(21-25-9-3-2-4-10-25)55-40(63)32(54-39(31)62)15-17-35(44)58/h2-6,9-12,23,29-34,50H,7-8,13-22H2,1H3,(H2,44,58)(H2,45,60)(H,48,59)(H,51,57)(H,52,65)(H,53,64)(H,54,62)(H,55,63)(H,56,61)(H4,46,47,49)/t29?,30-,31?,32-,33?,34-/m0/s1. The minimum absolute atomic E-state index is 0.00791. The van der Waals surface area contributed by atoms with Gasteiger partial charge in [0.2, 0.25) is 53.2 Å². The maximum absolute atomic E-state index is 14.4. The summed E-state index contributed by atoms with van der Waals surface area (Å²) >= 11 is 0. The topological polar surface area (TPSA) is 370 Å². The quantitative estimate of drug-likeness (QED) is 0.0479. The summed E-state index contributed by atoms with van der Waals surface area (Å²) in [5.41, 5.74) is 24.2. The van der Waals surface area contributed by atoms with Gasteiger partial charge in [-0.2, -0.15) is 0 Å².